The summed E-state index contributed by atoms with van der Waals surface area (Å²) in [6.07, 6.45) is 6.37. The number of unbranched alkanes of at least 4 members (excludes halogenated alkanes) is 8. The maximum Gasteiger partial charge on any atom is 0.396 e. The third-order valence-electron chi connectivity index (χ3n) is 14.9. The van der Waals surface area contributed by atoms with Crippen LogP contribution in [0.15, 0.2) is 48.5 Å². The van der Waals surface area contributed by atoms with E-state index in [0.29, 0.717) is 12.8 Å². The molecule has 8 atom stereocenters. The zero-order valence-electron chi connectivity index (χ0n) is 50.6. The zero-order valence-corrected chi connectivity index (χ0v) is 50.6. The highest BCUT2D eigenvalue weighted by Crippen LogP contribution is 2.44. The number of carboxylic acid groups (broad SMARTS) is 2. The van der Waals surface area contributed by atoms with Crippen molar-refractivity contribution in [1.29, 1.82) is 0 Å². The van der Waals surface area contributed by atoms with E-state index in [9.17, 15) is 63.0 Å². The van der Waals surface area contributed by atoms with E-state index in [4.69, 9.17) is 15.2 Å². The van der Waals surface area contributed by atoms with Crippen LogP contribution in [-0.4, -0.2) is 124 Å². The van der Waals surface area contributed by atoms with Crippen LogP contribution in [0.1, 0.15) is 189 Å². The number of amides is 7. The number of rotatable bonds is 39. The van der Waals surface area contributed by atoms with Crippen molar-refractivity contribution in [1.82, 2.24) is 31.9 Å². The molecule has 0 radical (unpaired) electrons. The first-order valence-electron chi connectivity index (χ1n) is 29.9. The van der Waals surface area contributed by atoms with Crippen LogP contribution in [0.4, 0.5) is 0 Å². The van der Waals surface area contributed by atoms with Crippen molar-refractivity contribution < 1.29 is 72.4 Å². The van der Waals surface area contributed by atoms with Gasteiger partial charge in [-0.3, -0.25) is 38.4 Å². The molecule has 1 aliphatic carbocycles. The summed E-state index contributed by atoms with van der Waals surface area (Å²) in [6.45, 7) is 15.6. The molecule has 22 nitrogen and oxygen atoms in total. The van der Waals surface area contributed by atoms with Gasteiger partial charge in [0, 0.05) is 12.3 Å². The number of carbonyl (C=O) groups is 11. The third kappa shape index (κ3) is 24.1. The fraction of sp³-hybridized carbons (Fsp3) is 0.629. The van der Waals surface area contributed by atoms with Crippen molar-refractivity contribution in [3.63, 3.8) is 0 Å². The molecular formula is C62H93N7O15. The summed E-state index contributed by atoms with van der Waals surface area (Å²) >= 11 is 0. The summed E-state index contributed by atoms with van der Waals surface area (Å²) < 4.78 is 11.5. The number of hydrogen-bond acceptors (Lipinski definition) is 13. The summed E-state index contributed by atoms with van der Waals surface area (Å²) in [5.41, 5.74) is 9.16. The number of benzene rings is 2. The average Bonchev–Trinajstić information content (AvgIpc) is 1.99. The Hall–Kier alpha value is -7.39. The maximum atomic E-state index is 14.4. The quantitative estimate of drug-likeness (QED) is 0.0208. The maximum absolute atomic E-state index is 14.4. The molecule has 2 aromatic carbocycles. The number of hydrogen-bond donors (Lipinski definition) is 9. The van der Waals surface area contributed by atoms with Gasteiger partial charge in [0.25, 0.3) is 0 Å². The van der Waals surface area contributed by atoms with Gasteiger partial charge in [0.2, 0.25) is 35.4 Å². The Morgan fingerprint density at radius 2 is 1.07 bits per heavy atom. The minimum Gasteiger partial charge on any atom is -0.481 e. The van der Waals surface area contributed by atoms with Gasteiger partial charge in [0.15, 0.2) is 0 Å². The van der Waals surface area contributed by atoms with Crippen LogP contribution in [0.2, 0.25) is 0 Å². The lowest BCUT2D eigenvalue weighted by molar-refractivity contribution is -0.156. The first-order chi connectivity index (χ1) is 39.8. The minimum atomic E-state index is -1.80. The van der Waals surface area contributed by atoms with Crippen molar-refractivity contribution in [2.24, 2.45) is 29.4 Å². The summed E-state index contributed by atoms with van der Waals surface area (Å²) in [4.78, 5) is 146. The van der Waals surface area contributed by atoms with Gasteiger partial charge >= 0.3 is 29.8 Å². The molecule has 0 fully saturated rings. The van der Waals surface area contributed by atoms with Gasteiger partial charge in [-0.1, -0.05) is 169 Å². The predicted octanol–water partition coefficient (Wildman–Crippen LogP) is 6.09. The van der Waals surface area contributed by atoms with E-state index in [1.54, 1.807) is 55.4 Å². The minimum absolute atomic E-state index is 0.0189. The lowest BCUT2D eigenvalue weighted by Crippen LogP contribution is -2.59. The molecule has 10 N–H and O–H groups in total. The van der Waals surface area contributed by atoms with Crippen LogP contribution >= 0.6 is 0 Å². The van der Waals surface area contributed by atoms with Gasteiger partial charge < -0.3 is 57.3 Å². The highest BCUT2D eigenvalue weighted by molar-refractivity contribution is 6.33. The highest BCUT2D eigenvalue weighted by atomic mass is 16.5. The van der Waals surface area contributed by atoms with Crippen LogP contribution in [0, 0.1) is 23.7 Å². The monoisotopic (exact) mass is 1180 g/mol. The molecule has 1 unspecified atom stereocenters. The molecule has 84 heavy (non-hydrogen) atoms. The van der Waals surface area contributed by atoms with E-state index in [1.165, 1.54) is 0 Å². The molecule has 0 aliphatic heterocycles. The van der Waals surface area contributed by atoms with E-state index in [1.807, 2.05) is 48.5 Å². The third-order valence-corrected chi connectivity index (χ3v) is 14.9. The predicted molar refractivity (Wildman–Crippen MR) is 314 cm³/mol. The standard InChI is InChI=1S/C62H93N7O15/c1-10-12-13-14-15-16-17-18-19-24-40(33-51(71)64-46(29-30-50(63)70)55(74)67-49(60(79)80)32-37(5)6)84-61(81)54(39(9)11-2)69-57(76)47(31-36(3)4)65-56(75)48(34-52(72)73)66-58(77)53(38(7)8)68-59(78)62(82)83-35-45-43-27-22-20-25-41(43)42-26-21-23-28-44(42)45/h20-23,25-28,36-40,45-49,53-54H,10-19,24,29-35H2,1-9H3,(H2,63,70)(H,64,71)(H,65,75)(H,66,77)(H,67,74)(H,68,78)(H,69,76)(H,72,73)(H,79,80)/t39-,40?,46-,47+,48-,49-,53-,54-/m0/s1. The smallest absolute Gasteiger partial charge is 0.396 e. The van der Waals surface area contributed by atoms with Gasteiger partial charge in [0.05, 0.1) is 12.8 Å². The molecule has 22 heteroatoms. The van der Waals surface area contributed by atoms with Crippen molar-refractivity contribution in [2.75, 3.05) is 6.61 Å². The van der Waals surface area contributed by atoms with Crippen molar-refractivity contribution in [2.45, 2.75) is 220 Å². The molecular weight excluding hydrogens is 1080 g/mol. The number of carbonyl (C=O) groups excluding carboxylic acids is 9. The van der Waals surface area contributed by atoms with Gasteiger partial charge in [-0.25, -0.2) is 14.4 Å². The zero-order chi connectivity index (χ0) is 62.6. The molecule has 0 saturated heterocycles. The molecule has 0 heterocycles. The Bertz CT molecular complexity index is 2510. The van der Waals surface area contributed by atoms with Crippen molar-refractivity contribution in [3.05, 3.63) is 59.7 Å². The molecule has 0 bridgehead atoms. The number of ether oxygens (including phenoxy) is 2. The Labute approximate surface area is 494 Å². The first kappa shape index (κ1) is 70.9. The molecule has 466 valence electrons. The summed E-state index contributed by atoms with van der Waals surface area (Å²) in [5.74, 6) is -13.5. The lowest BCUT2D eigenvalue weighted by Gasteiger charge is -2.29. The fourth-order valence-electron chi connectivity index (χ4n) is 10.0. The van der Waals surface area contributed by atoms with Crippen LogP contribution in [0.25, 0.3) is 11.1 Å². The fourth-order valence-corrected chi connectivity index (χ4v) is 10.0. The summed E-state index contributed by atoms with van der Waals surface area (Å²) in [7, 11) is 0. The van der Waals surface area contributed by atoms with Gasteiger partial charge in [-0.15, -0.1) is 0 Å². The SMILES string of the molecule is CCCCCCCCCCCC(CC(=O)N[C@@H](CCC(N)=O)C(=O)N[C@@H](CC(C)C)C(=O)O)OC(=O)[C@@H](NC(=O)[C@@H](CC(C)C)NC(=O)[C@H](CC(=O)O)NC(=O)[C@@H](NC(=O)C(=O)OCC1c2ccccc2-c2ccccc21)C(C)C)[C@@H](C)CC. The van der Waals surface area contributed by atoms with Gasteiger partial charge in [-0.2, -0.15) is 0 Å². The molecule has 0 aromatic heterocycles. The van der Waals surface area contributed by atoms with Gasteiger partial charge in [-0.05, 0) is 78.0 Å². The van der Waals surface area contributed by atoms with E-state index >= 15 is 0 Å². The Morgan fingerprint density at radius 1 is 0.560 bits per heavy atom. The Balaban J connectivity index is 1.80. The average molecular weight is 1180 g/mol. The van der Waals surface area contributed by atoms with Crippen LogP contribution in [0.5, 0.6) is 0 Å². The molecule has 0 spiro atoms. The molecule has 3 rings (SSSR count). The number of nitrogens with two attached hydrogens (primary N) is 1. The van der Waals surface area contributed by atoms with E-state index < -0.39 is 132 Å². The van der Waals surface area contributed by atoms with Crippen LogP contribution < -0.4 is 37.6 Å². The summed E-state index contributed by atoms with van der Waals surface area (Å²) in [5, 5.41) is 34.7. The van der Waals surface area contributed by atoms with E-state index in [2.05, 4.69) is 38.8 Å². The lowest BCUT2D eigenvalue weighted by atomic mass is 9.97. The molecule has 0 saturated carbocycles. The normalized spacial score (nSPS) is 14.7. The second-order valence-electron chi connectivity index (χ2n) is 23.3. The second-order valence-corrected chi connectivity index (χ2v) is 23.3. The second kappa shape index (κ2) is 36.3. The first-order valence-corrected chi connectivity index (χ1v) is 29.9. The number of nitrogens with one attached hydrogen (secondary N) is 6. The van der Waals surface area contributed by atoms with E-state index in [-0.39, 0.29) is 56.5 Å². The van der Waals surface area contributed by atoms with Crippen LogP contribution in [0.3, 0.4) is 0 Å². The molecule has 2 aromatic rings. The number of carboxylic acids is 2. The number of esters is 2. The van der Waals surface area contributed by atoms with Gasteiger partial charge in [0.1, 0.15) is 49.0 Å². The number of fused-ring (bicyclic) bond motifs is 3. The molecule has 7 amide bonds. The number of primary amides is 1. The Kier molecular flexibility index (Phi) is 30.7. The Morgan fingerprint density at radius 3 is 1.60 bits per heavy atom. The summed E-state index contributed by atoms with van der Waals surface area (Å²) in [6, 6.07) is 6.61. The topological polar surface area (TPSA) is 345 Å². The molecule has 1 aliphatic rings. The highest BCUT2D eigenvalue weighted by Gasteiger charge is 2.38. The van der Waals surface area contributed by atoms with Crippen molar-refractivity contribution in [3.8, 4) is 11.1 Å². The van der Waals surface area contributed by atoms with Crippen molar-refractivity contribution >= 4 is 65.2 Å². The van der Waals surface area contributed by atoms with Crippen LogP contribution in [-0.2, 0) is 62.2 Å². The number of aliphatic carboxylic acids is 2. The largest absolute Gasteiger partial charge is 0.481 e. The van der Waals surface area contributed by atoms with E-state index in [0.717, 1.165) is 73.6 Å².